The quantitative estimate of drug-likeness (QED) is 0.225. The molecule has 0 aliphatic rings. The van der Waals surface area contributed by atoms with E-state index in [0.29, 0.717) is 0 Å². The van der Waals surface area contributed by atoms with Crippen LogP contribution in [0.5, 0.6) is 0 Å². The fourth-order valence-corrected chi connectivity index (χ4v) is 1.55. The molecule has 0 spiro atoms. The van der Waals surface area contributed by atoms with Crippen LogP contribution in [0.1, 0.15) is 20.3 Å². The van der Waals surface area contributed by atoms with Gasteiger partial charge in [-0.05, 0) is 0 Å². The highest BCUT2D eigenvalue weighted by Gasteiger charge is 2.35. The van der Waals surface area contributed by atoms with Gasteiger partial charge >= 0.3 is 17.9 Å². The Bertz CT molecular complexity index is 479. The first kappa shape index (κ1) is 16.2. The highest BCUT2D eigenvalue weighted by atomic mass is 32.2. The van der Waals surface area contributed by atoms with Gasteiger partial charge in [0, 0.05) is 13.8 Å². The molecule has 9 nitrogen and oxygen atoms in total. The molecule has 0 amide bonds. The molecule has 1 unspecified atom stereocenters. The standard InChI is InChI=1S/C8H11NO8S/c1-4(10)16-7(9)3-6(18(13,14)15)8(12)17-5(2)11/h6,9H,3H2,1-2H3,(H,13,14,15). The van der Waals surface area contributed by atoms with E-state index in [0.717, 1.165) is 13.8 Å². The average Bonchev–Trinajstić information content (AvgIpc) is 2.09. The lowest BCUT2D eigenvalue weighted by Gasteiger charge is -2.11. The molecule has 2 N–H and O–H groups in total. The first-order valence-corrected chi connectivity index (χ1v) is 5.98. The lowest BCUT2D eigenvalue weighted by atomic mass is 10.3. The molecular weight excluding hydrogens is 270 g/mol. The van der Waals surface area contributed by atoms with Crippen LogP contribution in [0.4, 0.5) is 0 Å². The minimum absolute atomic E-state index is 0.856. The lowest BCUT2D eigenvalue weighted by molar-refractivity contribution is -0.157. The van der Waals surface area contributed by atoms with Crippen molar-refractivity contribution < 1.29 is 36.8 Å². The third kappa shape index (κ3) is 6.06. The summed E-state index contributed by atoms with van der Waals surface area (Å²) in [5.74, 6) is -4.38. The van der Waals surface area contributed by atoms with E-state index in [1.54, 1.807) is 0 Å². The maximum atomic E-state index is 11.2. The third-order valence-electron chi connectivity index (χ3n) is 1.50. The predicted octanol–water partition coefficient (Wildman–Crippen LogP) is -0.737. The molecule has 0 aromatic rings. The van der Waals surface area contributed by atoms with Crippen molar-refractivity contribution in [3.63, 3.8) is 0 Å². The minimum Gasteiger partial charge on any atom is -0.412 e. The summed E-state index contributed by atoms with van der Waals surface area (Å²) in [6.07, 6.45) is -0.926. The molecule has 0 aromatic heterocycles. The summed E-state index contributed by atoms with van der Waals surface area (Å²) >= 11 is 0. The molecule has 0 fully saturated rings. The van der Waals surface area contributed by atoms with Crippen molar-refractivity contribution >= 4 is 33.9 Å². The number of hydrogen-bond acceptors (Lipinski definition) is 8. The van der Waals surface area contributed by atoms with Gasteiger partial charge in [0.15, 0.2) is 11.1 Å². The highest BCUT2D eigenvalue weighted by molar-refractivity contribution is 7.87. The molecule has 0 rings (SSSR count). The van der Waals surface area contributed by atoms with E-state index in [1.165, 1.54) is 0 Å². The highest BCUT2D eigenvalue weighted by Crippen LogP contribution is 2.09. The number of rotatable bonds is 4. The van der Waals surface area contributed by atoms with E-state index < -0.39 is 45.6 Å². The summed E-state index contributed by atoms with van der Waals surface area (Å²) in [7, 11) is -4.90. The van der Waals surface area contributed by atoms with Gasteiger partial charge in [-0.2, -0.15) is 8.42 Å². The number of carbonyl (C=O) groups is 3. The van der Waals surface area contributed by atoms with Crippen molar-refractivity contribution in [2.24, 2.45) is 0 Å². The predicted molar refractivity (Wildman–Crippen MR) is 56.2 cm³/mol. The summed E-state index contributed by atoms with van der Waals surface area (Å²) in [5.41, 5.74) is 0. The Hall–Kier alpha value is -1.81. The van der Waals surface area contributed by atoms with Crippen molar-refractivity contribution in [3.8, 4) is 0 Å². The molecule has 102 valence electrons. The van der Waals surface area contributed by atoms with E-state index in [-0.39, 0.29) is 0 Å². The maximum Gasteiger partial charge on any atom is 0.335 e. The number of esters is 3. The number of hydrogen-bond donors (Lipinski definition) is 2. The Labute approximate surface area is 102 Å². The molecule has 10 heteroatoms. The Morgan fingerprint density at radius 3 is 1.94 bits per heavy atom. The van der Waals surface area contributed by atoms with Crippen LogP contribution in [0.25, 0.3) is 0 Å². The summed E-state index contributed by atoms with van der Waals surface area (Å²) in [6.45, 7) is 1.82. The van der Waals surface area contributed by atoms with E-state index in [9.17, 15) is 22.8 Å². The molecule has 0 saturated carbocycles. The molecule has 0 aromatic carbocycles. The van der Waals surface area contributed by atoms with Crippen LogP contribution in [0.15, 0.2) is 0 Å². The number of carbonyl (C=O) groups excluding carboxylic acids is 3. The number of ether oxygens (including phenoxy) is 2. The van der Waals surface area contributed by atoms with Gasteiger partial charge in [-0.3, -0.25) is 24.3 Å². The van der Waals surface area contributed by atoms with Crippen LogP contribution >= 0.6 is 0 Å². The van der Waals surface area contributed by atoms with Gasteiger partial charge in [0.2, 0.25) is 0 Å². The van der Waals surface area contributed by atoms with Gasteiger partial charge in [0.05, 0.1) is 6.42 Å². The van der Waals surface area contributed by atoms with E-state index in [4.69, 9.17) is 9.96 Å². The van der Waals surface area contributed by atoms with Gasteiger partial charge in [0.25, 0.3) is 10.1 Å². The molecular formula is C8H11NO8S. The molecule has 18 heavy (non-hydrogen) atoms. The monoisotopic (exact) mass is 281 g/mol. The normalized spacial score (nSPS) is 12.4. The van der Waals surface area contributed by atoms with Crippen molar-refractivity contribution in [2.45, 2.75) is 25.5 Å². The van der Waals surface area contributed by atoms with Crippen LogP contribution in [0.2, 0.25) is 0 Å². The van der Waals surface area contributed by atoms with E-state index in [2.05, 4.69) is 9.47 Å². The lowest BCUT2D eigenvalue weighted by Crippen LogP contribution is -2.35. The fraction of sp³-hybridized carbons (Fsp3) is 0.500. The van der Waals surface area contributed by atoms with Gasteiger partial charge in [-0.25, -0.2) is 0 Å². The van der Waals surface area contributed by atoms with Gasteiger partial charge in [0.1, 0.15) is 0 Å². The average molecular weight is 281 g/mol. The molecule has 1 atom stereocenters. The smallest absolute Gasteiger partial charge is 0.335 e. The summed E-state index contributed by atoms with van der Waals surface area (Å²) in [4.78, 5) is 32.2. The Kier molecular flexibility index (Phi) is 5.59. The van der Waals surface area contributed by atoms with Crippen molar-refractivity contribution in [3.05, 3.63) is 0 Å². The number of nitrogens with one attached hydrogen (secondary N) is 1. The maximum absolute atomic E-state index is 11.2. The second-order valence-corrected chi connectivity index (χ2v) is 4.74. The molecule has 0 aliphatic heterocycles. The molecule has 0 saturated heterocycles. The van der Waals surface area contributed by atoms with Crippen LogP contribution in [-0.2, 0) is 34.0 Å². The zero-order chi connectivity index (χ0) is 14.5. The zero-order valence-corrected chi connectivity index (χ0v) is 10.3. The molecule has 0 aliphatic carbocycles. The Balaban J connectivity index is 4.93. The fourth-order valence-electron chi connectivity index (χ4n) is 0.901. The van der Waals surface area contributed by atoms with Gasteiger partial charge in [-0.15, -0.1) is 0 Å². The van der Waals surface area contributed by atoms with Crippen LogP contribution in [0.3, 0.4) is 0 Å². The summed E-state index contributed by atoms with van der Waals surface area (Å²) in [6, 6.07) is 0. The first-order valence-electron chi connectivity index (χ1n) is 4.48. The van der Waals surface area contributed by atoms with Gasteiger partial charge in [-0.1, -0.05) is 0 Å². The zero-order valence-electron chi connectivity index (χ0n) is 9.50. The van der Waals surface area contributed by atoms with Crippen LogP contribution in [-0.4, -0.2) is 42.0 Å². The molecule has 0 bridgehead atoms. The second kappa shape index (κ2) is 6.21. The largest absolute Gasteiger partial charge is 0.412 e. The Morgan fingerprint density at radius 2 is 1.61 bits per heavy atom. The SMILES string of the molecule is CC(=O)OC(=N)CC(C(=O)OC(C)=O)S(=O)(=O)O. The van der Waals surface area contributed by atoms with Crippen molar-refractivity contribution in [1.29, 1.82) is 5.41 Å². The molecule has 0 heterocycles. The van der Waals surface area contributed by atoms with E-state index >= 15 is 0 Å². The third-order valence-corrected chi connectivity index (χ3v) is 2.58. The first-order chi connectivity index (χ1) is 8.04. The Morgan fingerprint density at radius 1 is 1.17 bits per heavy atom. The van der Waals surface area contributed by atoms with Crippen molar-refractivity contribution in [2.75, 3.05) is 0 Å². The van der Waals surface area contributed by atoms with E-state index in [1.807, 2.05) is 0 Å². The van der Waals surface area contributed by atoms with Crippen molar-refractivity contribution in [1.82, 2.24) is 0 Å². The topological polar surface area (TPSA) is 148 Å². The summed E-state index contributed by atoms with van der Waals surface area (Å²) < 4.78 is 38.7. The van der Waals surface area contributed by atoms with Crippen LogP contribution in [0, 0.1) is 5.41 Å². The molecule has 0 radical (unpaired) electrons. The van der Waals surface area contributed by atoms with Crippen LogP contribution < -0.4 is 0 Å². The summed E-state index contributed by atoms with van der Waals surface area (Å²) in [5, 5.41) is 4.89. The second-order valence-electron chi connectivity index (χ2n) is 3.14. The van der Waals surface area contributed by atoms with Gasteiger partial charge < -0.3 is 9.47 Å². The minimum atomic E-state index is -4.90.